The molecule has 0 fully saturated rings. The van der Waals surface area contributed by atoms with E-state index in [1.54, 1.807) is 0 Å². The van der Waals surface area contributed by atoms with Crippen LogP contribution in [-0.2, 0) is 12.0 Å². The summed E-state index contributed by atoms with van der Waals surface area (Å²) >= 11 is 9.64. The lowest BCUT2D eigenvalue weighted by Gasteiger charge is -2.26. The van der Waals surface area contributed by atoms with Gasteiger partial charge in [0.1, 0.15) is 0 Å². The summed E-state index contributed by atoms with van der Waals surface area (Å²) in [6, 6.07) is 16.0. The van der Waals surface area contributed by atoms with Gasteiger partial charge < -0.3 is 5.73 Å². The van der Waals surface area contributed by atoms with Crippen LogP contribution in [0.2, 0.25) is 5.02 Å². The van der Waals surface area contributed by atoms with Gasteiger partial charge >= 0.3 is 0 Å². The smallest absolute Gasteiger partial charge is 0.0456 e. The summed E-state index contributed by atoms with van der Waals surface area (Å²) in [4.78, 5) is 0. The monoisotopic (exact) mass is 323 g/mol. The topological polar surface area (TPSA) is 26.0 Å². The lowest BCUT2D eigenvalue weighted by Crippen LogP contribution is -2.35. The highest BCUT2D eigenvalue weighted by Gasteiger charge is 2.23. The third-order valence-corrected chi connectivity index (χ3v) is 3.83. The Morgan fingerprint density at radius 1 is 1.11 bits per heavy atom. The summed E-state index contributed by atoms with van der Waals surface area (Å²) in [5.41, 5.74) is 8.13. The van der Waals surface area contributed by atoms with Gasteiger partial charge in [0, 0.05) is 15.0 Å². The average Bonchev–Trinajstić information content (AvgIpc) is 2.32. The molecule has 0 saturated carbocycles. The largest absolute Gasteiger partial charge is 0.321 e. The van der Waals surface area contributed by atoms with Crippen molar-refractivity contribution < 1.29 is 0 Å². The van der Waals surface area contributed by atoms with Crippen LogP contribution in [-0.4, -0.2) is 0 Å². The molecule has 2 N–H and O–H groups in total. The molecule has 94 valence electrons. The minimum absolute atomic E-state index is 0.466. The van der Waals surface area contributed by atoms with Crippen molar-refractivity contribution in [2.45, 2.75) is 18.9 Å². The second kappa shape index (κ2) is 5.43. The number of benzene rings is 2. The lowest BCUT2D eigenvalue weighted by molar-refractivity contribution is 0.491. The van der Waals surface area contributed by atoms with E-state index in [0.717, 1.165) is 21.5 Å². The lowest BCUT2D eigenvalue weighted by atomic mass is 9.86. The van der Waals surface area contributed by atoms with Crippen molar-refractivity contribution in [1.82, 2.24) is 0 Å². The highest BCUT2D eigenvalue weighted by Crippen LogP contribution is 2.29. The molecular weight excluding hydrogens is 310 g/mol. The minimum Gasteiger partial charge on any atom is -0.321 e. The number of rotatable bonds is 3. The second-order valence-corrected chi connectivity index (χ2v) is 6.02. The Kier molecular flexibility index (Phi) is 4.10. The van der Waals surface area contributed by atoms with E-state index >= 15 is 0 Å². The molecule has 1 atom stereocenters. The molecule has 1 unspecified atom stereocenters. The number of halogens is 2. The van der Waals surface area contributed by atoms with E-state index in [-0.39, 0.29) is 0 Å². The Bertz CT molecular complexity index is 534. The van der Waals surface area contributed by atoms with Gasteiger partial charge in [0.15, 0.2) is 0 Å². The zero-order valence-electron chi connectivity index (χ0n) is 10.2. The van der Waals surface area contributed by atoms with E-state index in [0.29, 0.717) is 0 Å². The average molecular weight is 325 g/mol. The van der Waals surface area contributed by atoms with Gasteiger partial charge in [0.25, 0.3) is 0 Å². The Hall–Kier alpha value is -0.830. The van der Waals surface area contributed by atoms with Crippen molar-refractivity contribution in [2.24, 2.45) is 5.73 Å². The van der Waals surface area contributed by atoms with Crippen LogP contribution < -0.4 is 5.73 Å². The van der Waals surface area contributed by atoms with Gasteiger partial charge in [0.2, 0.25) is 0 Å². The van der Waals surface area contributed by atoms with Crippen molar-refractivity contribution in [2.75, 3.05) is 0 Å². The third kappa shape index (κ3) is 3.14. The Morgan fingerprint density at radius 3 is 2.33 bits per heavy atom. The molecule has 0 bridgehead atoms. The van der Waals surface area contributed by atoms with Crippen molar-refractivity contribution >= 4 is 27.5 Å². The van der Waals surface area contributed by atoms with Crippen LogP contribution in [0.3, 0.4) is 0 Å². The normalized spacial score (nSPS) is 14.2. The first-order valence-electron chi connectivity index (χ1n) is 5.77. The molecule has 0 aliphatic heterocycles. The predicted octanol–water partition coefficient (Wildman–Crippen LogP) is 4.52. The molecule has 3 heteroatoms. The van der Waals surface area contributed by atoms with Gasteiger partial charge in [-0.1, -0.05) is 57.9 Å². The maximum absolute atomic E-state index is 6.41. The summed E-state index contributed by atoms with van der Waals surface area (Å²) in [5, 5.41) is 0.722. The van der Waals surface area contributed by atoms with Crippen molar-refractivity contribution in [3.63, 3.8) is 0 Å². The van der Waals surface area contributed by atoms with E-state index in [1.807, 2.05) is 43.3 Å². The number of hydrogen-bond donors (Lipinski definition) is 1. The van der Waals surface area contributed by atoms with E-state index in [9.17, 15) is 0 Å². The predicted molar refractivity (Wildman–Crippen MR) is 80.8 cm³/mol. The fourth-order valence-electron chi connectivity index (χ4n) is 2.05. The van der Waals surface area contributed by atoms with Crippen LogP contribution in [0.25, 0.3) is 0 Å². The van der Waals surface area contributed by atoms with E-state index in [4.69, 9.17) is 17.3 Å². The SMILES string of the molecule is CC(N)(Cc1ccc(Br)cc1)c1ccccc1Cl. The maximum Gasteiger partial charge on any atom is 0.0456 e. The second-order valence-electron chi connectivity index (χ2n) is 4.70. The number of hydrogen-bond acceptors (Lipinski definition) is 1. The molecule has 2 aromatic carbocycles. The van der Waals surface area contributed by atoms with Gasteiger partial charge in [-0.2, -0.15) is 0 Å². The molecule has 0 aliphatic rings. The van der Waals surface area contributed by atoms with Crippen LogP contribution in [0.4, 0.5) is 0 Å². The van der Waals surface area contributed by atoms with Crippen molar-refractivity contribution in [3.05, 3.63) is 69.2 Å². The zero-order valence-corrected chi connectivity index (χ0v) is 12.5. The van der Waals surface area contributed by atoms with Crippen molar-refractivity contribution in [3.8, 4) is 0 Å². The molecule has 0 aromatic heterocycles. The van der Waals surface area contributed by atoms with Crippen LogP contribution in [0, 0.1) is 0 Å². The zero-order chi connectivity index (χ0) is 13.2. The van der Waals surface area contributed by atoms with Crippen LogP contribution >= 0.6 is 27.5 Å². The molecule has 2 rings (SSSR count). The Morgan fingerprint density at radius 2 is 1.72 bits per heavy atom. The van der Waals surface area contributed by atoms with Gasteiger partial charge in [-0.05, 0) is 42.7 Å². The molecule has 0 heterocycles. The van der Waals surface area contributed by atoms with E-state index < -0.39 is 5.54 Å². The summed E-state index contributed by atoms with van der Waals surface area (Å²) in [5.74, 6) is 0. The number of nitrogens with two attached hydrogens (primary N) is 1. The summed E-state index contributed by atoms with van der Waals surface area (Å²) in [6.07, 6.45) is 0.754. The molecule has 0 amide bonds. The quantitative estimate of drug-likeness (QED) is 0.882. The van der Waals surface area contributed by atoms with Gasteiger partial charge in [-0.25, -0.2) is 0 Å². The standard InChI is InChI=1S/C15H15BrClN/c1-15(18,13-4-2-3-5-14(13)17)10-11-6-8-12(16)9-7-11/h2-9H,10,18H2,1H3. The molecule has 0 saturated heterocycles. The van der Waals surface area contributed by atoms with E-state index in [2.05, 4.69) is 28.1 Å². The van der Waals surface area contributed by atoms with Crippen molar-refractivity contribution in [1.29, 1.82) is 0 Å². The first-order valence-corrected chi connectivity index (χ1v) is 6.94. The molecule has 0 aliphatic carbocycles. The molecule has 2 aromatic rings. The molecule has 0 spiro atoms. The summed E-state index contributed by atoms with van der Waals surface area (Å²) in [6.45, 7) is 2.01. The van der Waals surface area contributed by atoms with Gasteiger partial charge in [-0.3, -0.25) is 0 Å². The van der Waals surface area contributed by atoms with E-state index in [1.165, 1.54) is 5.56 Å². The first kappa shape index (κ1) is 13.6. The van der Waals surface area contributed by atoms with Gasteiger partial charge in [0.05, 0.1) is 0 Å². The highest BCUT2D eigenvalue weighted by atomic mass is 79.9. The fourth-order valence-corrected chi connectivity index (χ4v) is 2.66. The fraction of sp³-hybridized carbons (Fsp3) is 0.200. The minimum atomic E-state index is -0.466. The highest BCUT2D eigenvalue weighted by molar-refractivity contribution is 9.10. The maximum atomic E-state index is 6.41. The van der Waals surface area contributed by atoms with Crippen LogP contribution in [0.5, 0.6) is 0 Å². The third-order valence-electron chi connectivity index (χ3n) is 2.97. The Labute approximate surface area is 121 Å². The van der Waals surface area contributed by atoms with Gasteiger partial charge in [-0.15, -0.1) is 0 Å². The molecule has 1 nitrogen and oxygen atoms in total. The molecule has 0 radical (unpaired) electrons. The Balaban J connectivity index is 2.27. The van der Waals surface area contributed by atoms with Crippen LogP contribution in [0.15, 0.2) is 53.0 Å². The molecular formula is C15H15BrClN. The first-order chi connectivity index (χ1) is 8.49. The summed E-state index contributed by atoms with van der Waals surface area (Å²) in [7, 11) is 0. The van der Waals surface area contributed by atoms with Crippen LogP contribution in [0.1, 0.15) is 18.1 Å². The molecule has 18 heavy (non-hydrogen) atoms. The summed E-state index contributed by atoms with van der Waals surface area (Å²) < 4.78 is 1.07.